The normalized spacial score (nSPS) is 14.8. The molecule has 2 N–H and O–H groups in total. The molecule has 1 unspecified atom stereocenters. The Morgan fingerprint density at radius 3 is 2.57 bits per heavy atom. The molecule has 5 heteroatoms. The first-order valence-electron chi connectivity index (χ1n) is 6.72. The molecule has 0 aromatic heterocycles. The van der Waals surface area contributed by atoms with Crippen molar-refractivity contribution in [2.45, 2.75) is 12.5 Å². The van der Waals surface area contributed by atoms with Crippen LogP contribution in [0.4, 0.5) is 4.39 Å². The van der Waals surface area contributed by atoms with Gasteiger partial charge in [0.15, 0.2) is 11.5 Å². The maximum atomic E-state index is 13.2. The van der Waals surface area contributed by atoms with Gasteiger partial charge < -0.3 is 15.2 Å². The minimum atomic E-state index is -0.338. The van der Waals surface area contributed by atoms with Gasteiger partial charge in [0.05, 0.1) is 0 Å². The molecule has 1 aliphatic heterocycles. The van der Waals surface area contributed by atoms with E-state index < -0.39 is 0 Å². The van der Waals surface area contributed by atoms with Crippen molar-refractivity contribution in [3.8, 4) is 11.5 Å². The molecular weight excluding hydrogens is 293 g/mol. The van der Waals surface area contributed by atoms with Crippen molar-refractivity contribution in [3.05, 3.63) is 58.4 Å². The van der Waals surface area contributed by atoms with Crippen LogP contribution in [0.15, 0.2) is 36.4 Å². The van der Waals surface area contributed by atoms with Crippen LogP contribution in [0, 0.1) is 5.82 Å². The van der Waals surface area contributed by atoms with Gasteiger partial charge in [-0.3, -0.25) is 0 Å². The van der Waals surface area contributed by atoms with Crippen molar-refractivity contribution < 1.29 is 13.9 Å². The molecule has 0 spiro atoms. The molecule has 0 amide bonds. The maximum absolute atomic E-state index is 13.2. The molecular formula is C16H15ClFNO2. The van der Waals surface area contributed by atoms with Crippen molar-refractivity contribution in [2.24, 2.45) is 5.73 Å². The lowest BCUT2D eigenvalue weighted by Gasteiger charge is -2.22. The first-order chi connectivity index (χ1) is 10.1. The standard InChI is InChI=1S/C16H15ClFNO2/c17-13-9-16-15(20-4-5-21-16)8-12(13)14(19)7-10-2-1-3-11(18)6-10/h1-3,6,8-9,14H,4-5,7,19H2. The summed E-state index contributed by atoms with van der Waals surface area (Å²) in [6.45, 7) is 1.02. The second-order valence-electron chi connectivity index (χ2n) is 4.96. The summed E-state index contributed by atoms with van der Waals surface area (Å²) in [5.41, 5.74) is 7.80. The molecule has 0 aliphatic carbocycles. The average molecular weight is 308 g/mol. The van der Waals surface area contributed by atoms with Gasteiger partial charge in [0.25, 0.3) is 0 Å². The second kappa shape index (κ2) is 5.92. The Morgan fingerprint density at radius 2 is 1.86 bits per heavy atom. The van der Waals surface area contributed by atoms with Crippen molar-refractivity contribution in [1.29, 1.82) is 0 Å². The van der Waals surface area contributed by atoms with Gasteiger partial charge in [0.1, 0.15) is 19.0 Å². The molecule has 0 saturated carbocycles. The smallest absolute Gasteiger partial charge is 0.162 e. The number of halogens is 2. The summed E-state index contributed by atoms with van der Waals surface area (Å²) in [5.74, 6) is 1.01. The Hall–Kier alpha value is -1.78. The minimum absolute atomic E-state index is 0.270. The van der Waals surface area contributed by atoms with Crippen LogP contribution in [-0.2, 0) is 6.42 Å². The third kappa shape index (κ3) is 3.12. The van der Waals surface area contributed by atoms with Crippen LogP contribution in [0.25, 0.3) is 0 Å². The number of ether oxygens (including phenoxy) is 2. The van der Waals surface area contributed by atoms with E-state index in [1.54, 1.807) is 18.2 Å². The summed E-state index contributed by atoms with van der Waals surface area (Å²) in [4.78, 5) is 0. The van der Waals surface area contributed by atoms with E-state index in [9.17, 15) is 4.39 Å². The first-order valence-corrected chi connectivity index (χ1v) is 7.10. The van der Waals surface area contributed by atoms with Crippen LogP contribution >= 0.6 is 11.6 Å². The lowest BCUT2D eigenvalue weighted by Crippen LogP contribution is -2.18. The van der Waals surface area contributed by atoms with Crippen molar-refractivity contribution in [3.63, 3.8) is 0 Å². The van der Waals surface area contributed by atoms with Crippen LogP contribution in [-0.4, -0.2) is 13.2 Å². The van der Waals surface area contributed by atoms with Crippen LogP contribution in [0.2, 0.25) is 5.02 Å². The Kier molecular flexibility index (Phi) is 3.99. The number of hydrogen-bond donors (Lipinski definition) is 1. The largest absolute Gasteiger partial charge is 0.486 e. The fraction of sp³-hybridized carbons (Fsp3) is 0.250. The summed E-state index contributed by atoms with van der Waals surface area (Å²) in [7, 11) is 0. The summed E-state index contributed by atoms with van der Waals surface area (Å²) in [6, 6.07) is 9.59. The quantitative estimate of drug-likeness (QED) is 0.944. The monoisotopic (exact) mass is 307 g/mol. The highest BCUT2D eigenvalue weighted by molar-refractivity contribution is 6.31. The Labute approximate surface area is 127 Å². The van der Waals surface area contributed by atoms with E-state index in [0.29, 0.717) is 36.2 Å². The molecule has 2 aromatic rings. The third-order valence-electron chi connectivity index (χ3n) is 3.41. The summed E-state index contributed by atoms with van der Waals surface area (Å²) >= 11 is 6.26. The predicted octanol–water partition coefficient (Wildman–Crippen LogP) is 3.49. The number of hydrogen-bond acceptors (Lipinski definition) is 3. The van der Waals surface area contributed by atoms with Gasteiger partial charge in [-0.25, -0.2) is 4.39 Å². The molecule has 0 bridgehead atoms. The summed E-state index contributed by atoms with van der Waals surface area (Å²) < 4.78 is 24.2. The van der Waals surface area contributed by atoms with Gasteiger partial charge in [0.2, 0.25) is 0 Å². The molecule has 21 heavy (non-hydrogen) atoms. The summed E-state index contributed by atoms with van der Waals surface area (Å²) in [6.07, 6.45) is 0.497. The molecule has 110 valence electrons. The van der Waals surface area contributed by atoms with Gasteiger partial charge in [-0.2, -0.15) is 0 Å². The van der Waals surface area contributed by atoms with E-state index in [1.165, 1.54) is 12.1 Å². The molecule has 1 aliphatic rings. The zero-order valence-electron chi connectivity index (χ0n) is 11.3. The highest BCUT2D eigenvalue weighted by Crippen LogP contribution is 2.37. The Balaban J connectivity index is 1.85. The molecule has 3 nitrogen and oxygen atoms in total. The Bertz CT molecular complexity index is 663. The lowest BCUT2D eigenvalue weighted by atomic mass is 9.99. The van der Waals surface area contributed by atoms with Crippen LogP contribution in [0.1, 0.15) is 17.2 Å². The van der Waals surface area contributed by atoms with E-state index in [4.69, 9.17) is 26.8 Å². The number of fused-ring (bicyclic) bond motifs is 1. The van der Waals surface area contributed by atoms with Crippen LogP contribution < -0.4 is 15.2 Å². The average Bonchev–Trinajstić information content (AvgIpc) is 2.46. The fourth-order valence-corrected chi connectivity index (χ4v) is 2.69. The zero-order valence-corrected chi connectivity index (χ0v) is 12.1. The maximum Gasteiger partial charge on any atom is 0.162 e. The number of rotatable bonds is 3. The van der Waals surface area contributed by atoms with Gasteiger partial charge in [-0.1, -0.05) is 23.7 Å². The molecule has 1 atom stereocenters. The molecule has 1 heterocycles. The van der Waals surface area contributed by atoms with Gasteiger partial charge in [0, 0.05) is 17.1 Å². The van der Waals surface area contributed by atoms with E-state index in [1.807, 2.05) is 6.07 Å². The van der Waals surface area contributed by atoms with Crippen molar-refractivity contribution in [2.75, 3.05) is 13.2 Å². The van der Waals surface area contributed by atoms with Crippen LogP contribution in [0.3, 0.4) is 0 Å². The minimum Gasteiger partial charge on any atom is -0.486 e. The molecule has 0 saturated heterocycles. The van der Waals surface area contributed by atoms with E-state index in [0.717, 1.165) is 11.1 Å². The van der Waals surface area contributed by atoms with E-state index in [-0.39, 0.29) is 11.9 Å². The highest BCUT2D eigenvalue weighted by Gasteiger charge is 2.19. The Morgan fingerprint density at radius 1 is 1.14 bits per heavy atom. The summed E-state index contributed by atoms with van der Waals surface area (Å²) in [5, 5.41) is 0.531. The van der Waals surface area contributed by atoms with E-state index in [2.05, 4.69) is 0 Å². The predicted molar refractivity (Wildman–Crippen MR) is 79.5 cm³/mol. The number of benzene rings is 2. The zero-order chi connectivity index (χ0) is 14.8. The molecule has 0 radical (unpaired) electrons. The van der Waals surface area contributed by atoms with Gasteiger partial charge in [-0.15, -0.1) is 0 Å². The second-order valence-corrected chi connectivity index (χ2v) is 5.37. The SMILES string of the molecule is NC(Cc1cccc(F)c1)c1cc2c(cc1Cl)OCCO2. The third-order valence-corrected chi connectivity index (χ3v) is 3.73. The lowest BCUT2D eigenvalue weighted by molar-refractivity contribution is 0.171. The van der Waals surface area contributed by atoms with Crippen LogP contribution in [0.5, 0.6) is 11.5 Å². The number of nitrogens with two attached hydrogens (primary N) is 1. The van der Waals surface area contributed by atoms with E-state index >= 15 is 0 Å². The fourth-order valence-electron chi connectivity index (χ4n) is 2.39. The van der Waals surface area contributed by atoms with Gasteiger partial charge >= 0.3 is 0 Å². The molecule has 3 rings (SSSR count). The molecule has 2 aromatic carbocycles. The van der Waals surface area contributed by atoms with Gasteiger partial charge in [-0.05, 0) is 35.7 Å². The highest BCUT2D eigenvalue weighted by atomic mass is 35.5. The molecule has 0 fully saturated rings. The first kappa shape index (κ1) is 14.2. The van der Waals surface area contributed by atoms with Crippen molar-refractivity contribution in [1.82, 2.24) is 0 Å². The topological polar surface area (TPSA) is 44.5 Å². The van der Waals surface area contributed by atoms with Crippen molar-refractivity contribution >= 4 is 11.6 Å².